The number of ether oxygens (including phenoxy) is 1. The number of methoxy groups -OCH3 is 1. The maximum absolute atomic E-state index is 11.0. The van der Waals surface area contributed by atoms with Crippen molar-refractivity contribution >= 4 is 35.5 Å². The number of carbonyl (C=O) groups is 1. The van der Waals surface area contributed by atoms with E-state index in [4.69, 9.17) is 11.6 Å². The van der Waals surface area contributed by atoms with Gasteiger partial charge in [-0.05, 0) is 29.3 Å². The molecule has 0 fully saturated rings. The Morgan fingerprint density at radius 3 is 2.43 bits per heavy atom. The molecule has 0 aliphatic heterocycles. The van der Waals surface area contributed by atoms with Crippen molar-refractivity contribution in [1.82, 2.24) is 0 Å². The fraction of sp³-hybridized carbons (Fsp3) is 0.0588. The second-order valence-electron chi connectivity index (χ2n) is 4.23. The van der Waals surface area contributed by atoms with Gasteiger partial charge < -0.3 is 4.74 Å². The van der Waals surface area contributed by atoms with Crippen molar-refractivity contribution in [2.45, 2.75) is 0 Å². The number of aliphatic imine (C=N–C) groups is 1. The van der Waals surface area contributed by atoms with Crippen LogP contribution in [0.25, 0.3) is 6.08 Å². The third kappa shape index (κ3) is 4.58. The molecule has 0 aliphatic carbocycles. The highest BCUT2D eigenvalue weighted by Crippen LogP contribution is 2.23. The van der Waals surface area contributed by atoms with Crippen molar-refractivity contribution in [3.05, 3.63) is 70.8 Å². The van der Waals surface area contributed by atoms with Gasteiger partial charge in [0.15, 0.2) is 0 Å². The van der Waals surface area contributed by atoms with Gasteiger partial charge in [0.05, 0.1) is 17.8 Å². The number of rotatable bonds is 4. The van der Waals surface area contributed by atoms with E-state index in [9.17, 15) is 4.79 Å². The van der Waals surface area contributed by atoms with Crippen molar-refractivity contribution < 1.29 is 9.53 Å². The standard InChI is InChI=1S/C17H14ClNO2/c1-21-17(20)11-10-13-6-8-14(9-7-13)12-19-16-5-3-2-4-15(16)18/h2-12H,1H3. The van der Waals surface area contributed by atoms with Crippen molar-refractivity contribution in [2.75, 3.05) is 7.11 Å². The van der Waals surface area contributed by atoms with Crippen LogP contribution in [0.3, 0.4) is 0 Å². The predicted molar refractivity (Wildman–Crippen MR) is 86.2 cm³/mol. The highest BCUT2D eigenvalue weighted by Gasteiger charge is 1.95. The van der Waals surface area contributed by atoms with E-state index >= 15 is 0 Å². The third-order valence-electron chi connectivity index (χ3n) is 2.75. The SMILES string of the molecule is COC(=O)C=Cc1ccc(C=Nc2ccccc2Cl)cc1. The van der Waals surface area contributed by atoms with E-state index < -0.39 is 0 Å². The molecule has 3 nitrogen and oxygen atoms in total. The molecule has 0 aromatic heterocycles. The van der Waals surface area contributed by atoms with Gasteiger partial charge in [-0.1, -0.05) is 48.0 Å². The predicted octanol–water partition coefficient (Wildman–Crippen LogP) is 4.28. The van der Waals surface area contributed by atoms with Crippen LogP contribution in [0.5, 0.6) is 0 Å². The molecule has 0 saturated carbocycles. The highest BCUT2D eigenvalue weighted by molar-refractivity contribution is 6.33. The van der Waals surface area contributed by atoms with Crippen molar-refractivity contribution in [2.24, 2.45) is 4.99 Å². The number of para-hydroxylation sites is 1. The van der Waals surface area contributed by atoms with Gasteiger partial charge in [-0.25, -0.2) is 4.79 Å². The highest BCUT2D eigenvalue weighted by atomic mass is 35.5. The molecule has 2 aromatic carbocycles. The summed E-state index contributed by atoms with van der Waals surface area (Å²) >= 11 is 6.03. The zero-order chi connectivity index (χ0) is 15.1. The van der Waals surface area contributed by atoms with Gasteiger partial charge in [0.25, 0.3) is 0 Å². The van der Waals surface area contributed by atoms with Crippen LogP contribution in [-0.4, -0.2) is 19.3 Å². The van der Waals surface area contributed by atoms with E-state index in [0.29, 0.717) is 5.02 Å². The van der Waals surface area contributed by atoms with Crippen molar-refractivity contribution in [1.29, 1.82) is 0 Å². The van der Waals surface area contributed by atoms with Crippen molar-refractivity contribution in [3.63, 3.8) is 0 Å². The third-order valence-corrected chi connectivity index (χ3v) is 3.07. The Labute approximate surface area is 128 Å². The Hall–Kier alpha value is -2.39. The molecule has 2 aromatic rings. The van der Waals surface area contributed by atoms with Crippen LogP contribution < -0.4 is 0 Å². The number of hydrogen-bond acceptors (Lipinski definition) is 3. The second kappa shape index (κ2) is 7.41. The van der Waals surface area contributed by atoms with Crippen molar-refractivity contribution in [3.8, 4) is 0 Å². The molecule has 0 amide bonds. The molecular weight excluding hydrogens is 286 g/mol. The second-order valence-corrected chi connectivity index (χ2v) is 4.64. The van der Waals surface area contributed by atoms with E-state index in [2.05, 4.69) is 9.73 Å². The van der Waals surface area contributed by atoms with Crippen LogP contribution in [0.1, 0.15) is 11.1 Å². The van der Waals surface area contributed by atoms with Gasteiger partial charge in [-0.3, -0.25) is 4.99 Å². The Kier molecular flexibility index (Phi) is 5.29. The quantitative estimate of drug-likeness (QED) is 0.480. The van der Waals surface area contributed by atoms with Crippen LogP contribution in [0, 0.1) is 0 Å². The van der Waals surface area contributed by atoms with Gasteiger partial charge in [0.2, 0.25) is 0 Å². The number of nitrogens with zero attached hydrogens (tertiary/aromatic N) is 1. The fourth-order valence-electron chi connectivity index (χ4n) is 1.63. The minimum Gasteiger partial charge on any atom is -0.466 e. The minimum absolute atomic E-state index is 0.376. The Morgan fingerprint density at radius 1 is 1.10 bits per heavy atom. The molecule has 0 saturated heterocycles. The maximum atomic E-state index is 11.0. The van der Waals surface area contributed by atoms with Crippen LogP contribution >= 0.6 is 11.6 Å². The Balaban J connectivity index is 2.08. The summed E-state index contributed by atoms with van der Waals surface area (Å²) in [6.07, 6.45) is 4.82. The lowest BCUT2D eigenvalue weighted by molar-refractivity contribution is -0.134. The zero-order valence-electron chi connectivity index (χ0n) is 11.5. The maximum Gasteiger partial charge on any atom is 0.330 e. The van der Waals surface area contributed by atoms with E-state index in [1.54, 1.807) is 18.4 Å². The Morgan fingerprint density at radius 2 is 1.76 bits per heavy atom. The Bertz CT molecular complexity index is 675. The number of carbonyl (C=O) groups excluding carboxylic acids is 1. The molecular formula is C17H14ClNO2. The first-order chi connectivity index (χ1) is 10.2. The van der Waals surface area contributed by atoms with Crippen LogP contribution in [-0.2, 0) is 9.53 Å². The lowest BCUT2D eigenvalue weighted by Crippen LogP contribution is -1.93. The monoisotopic (exact) mass is 299 g/mol. The summed E-state index contributed by atoms with van der Waals surface area (Å²) in [5, 5.41) is 0.617. The summed E-state index contributed by atoms with van der Waals surface area (Å²) in [7, 11) is 1.35. The first-order valence-electron chi connectivity index (χ1n) is 6.34. The summed E-state index contributed by atoms with van der Waals surface area (Å²) in [5.41, 5.74) is 2.59. The molecule has 0 heterocycles. The van der Waals surface area contributed by atoms with E-state index in [1.165, 1.54) is 13.2 Å². The average Bonchev–Trinajstić information content (AvgIpc) is 2.53. The van der Waals surface area contributed by atoms with E-state index in [0.717, 1.165) is 16.8 Å². The number of hydrogen-bond donors (Lipinski definition) is 0. The van der Waals surface area contributed by atoms with Gasteiger partial charge in [-0.2, -0.15) is 0 Å². The first-order valence-corrected chi connectivity index (χ1v) is 6.71. The number of halogens is 1. The molecule has 21 heavy (non-hydrogen) atoms. The molecule has 2 rings (SSSR count). The smallest absolute Gasteiger partial charge is 0.330 e. The summed E-state index contributed by atoms with van der Waals surface area (Å²) in [6, 6.07) is 15.0. The van der Waals surface area contributed by atoms with Gasteiger partial charge in [0.1, 0.15) is 0 Å². The van der Waals surface area contributed by atoms with E-state index in [-0.39, 0.29) is 5.97 Å². The molecule has 0 aliphatic rings. The van der Waals surface area contributed by atoms with Crippen LogP contribution in [0.15, 0.2) is 59.6 Å². The molecule has 106 valence electrons. The van der Waals surface area contributed by atoms with E-state index in [1.807, 2.05) is 42.5 Å². The van der Waals surface area contributed by atoms with Crippen LogP contribution in [0.4, 0.5) is 5.69 Å². The minimum atomic E-state index is -0.376. The summed E-state index contributed by atoms with van der Waals surface area (Å²) in [4.78, 5) is 15.3. The van der Waals surface area contributed by atoms with Gasteiger partial charge in [-0.15, -0.1) is 0 Å². The molecule has 0 atom stereocenters. The van der Waals surface area contributed by atoms with Gasteiger partial charge >= 0.3 is 5.97 Å². The first kappa shape index (κ1) is 15.0. The normalized spacial score (nSPS) is 11.1. The van der Waals surface area contributed by atoms with Crippen LogP contribution in [0.2, 0.25) is 5.02 Å². The molecule has 0 radical (unpaired) electrons. The molecule has 0 unspecified atom stereocenters. The lowest BCUT2D eigenvalue weighted by Gasteiger charge is -1.98. The number of esters is 1. The van der Waals surface area contributed by atoms with Gasteiger partial charge in [0, 0.05) is 12.3 Å². The number of benzene rings is 2. The molecule has 0 bridgehead atoms. The largest absolute Gasteiger partial charge is 0.466 e. The molecule has 0 spiro atoms. The topological polar surface area (TPSA) is 38.7 Å². The average molecular weight is 300 g/mol. The summed E-state index contributed by atoms with van der Waals surface area (Å²) in [6.45, 7) is 0. The lowest BCUT2D eigenvalue weighted by atomic mass is 10.1. The molecule has 0 N–H and O–H groups in total. The zero-order valence-corrected chi connectivity index (χ0v) is 12.2. The summed E-state index contributed by atoms with van der Waals surface area (Å²) in [5.74, 6) is -0.376. The molecule has 4 heteroatoms. The fourth-order valence-corrected chi connectivity index (χ4v) is 1.81. The summed E-state index contributed by atoms with van der Waals surface area (Å²) < 4.78 is 4.54.